The van der Waals surface area contributed by atoms with Crippen molar-refractivity contribution in [1.29, 1.82) is 0 Å². The molecule has 1 aromatic heterocycles. The standard InChI is InChI=1S/C16H17N5S/c1-10-8-12(18-16-19-15(17)20-21-16)9-11(2)14(10)22-13-6-4-3-5-7-13/h3-9H,1-2H3,(H4,17,18,19,20,21). The first kappa shape index (κ1) is 14.5. The summed E-state index contributed by atoms with van der Waals surface area (Å²) in [5, 5.41) is 9.75. The molecular weight excluding hydrogens is 294 g/mol. The molecule has 0 atom stereocenters. The van der Waals surface area contributed by atoms with Gasteiger partial charge in [-0.05, 0) is 49.2 Å². The summed E-state index contributed by atoms with van der Waals surface area (Å²) in [5.74, 6) is 0.770. The SMILES string of the molecule is Cc1cc(Nc2n[nH]c(N)n2)cc(C)c1Sc1ccccc1. The summed E-state index contributed by atoms with van der Waals surface area (Å²) < 4.78 is 0. The number of nitrogens with zero attached hydrogens (tertiary/aromatic N) is 2. The minimum absolute atomic E-state index is 0.298. The first-order valence-electron chi connectivity index (χ1n) is 6.91. The highest BCUT2D eigenvalue weighted by molar-refractivity contribution is 7.99. The lowest BCUT2D eigenvalue weighted by atomic mass is 10.1. The molecule has 0 fully saturated rings. The lowest BCUT2D eigenvalue weighted by Crippen LogP contribution is -1.96. The van der Waals surface area contributed by atoms with Crippen molar-refractivity contribution in [2.45, 2.75) is 23.6 Å². The molecule has 0 radical (unpaired) electrons. The average molecular weight is 311 g/mol. The van der Waals surface area contributed by atoms with Gasteiger partial charge in [-0.3, -0.25) is 0 Å². The van der Waals surface area contributed by atoms with Crippen LogP contribution in [0.5, 0.6) is 0 Å². The van der Waals surface area contributed by atoms with Crippen molar-refractivity contribution in [2.75, 3.05) is 11.1 Å². The van der Waals surface area contributed by atoms with Gasteiger partial charge in [-0.25, -0.2) is 5.10 Å². The zero-order valence-electron chi connectivity index (χ0n) is 12.4. The number of aromatic amines is 1. The summed E-state index contributed by atoms with van der Waals surface area (Å²) >= 11 is 1.77. The second-order valence-electron chi connectivity index (χ2n) is 5.02. The predicted octanol–water partition coefficient (Wildman–Crippen LogP) is 3.90. The molecule has 0 aliphatic rings. The van der Waals surface area contributed by atoms with Crippen molar-refractivity contribution in [3.05, 3.63) is 53.6 Å². The van der Waals surface area contributed by atoms with Crippen LogP contribution >= 0.6 is 11.8 Å². The molecule has 6 heteroatoms. The minimum Gasteiger partial charge on any atom is -0.368 e. The Bertz CT molecular complexity index is 759. The van der Waals surface area contributed by atoms with Gasteiger partial charge < -0.3 is 11.1 Å². The second kappa shape index (κ2) is 6.11. The summed E-state index contributed by atoms with van der Waals surface area (Å²) in [6, 6.07) is 14.5. The number of aryl methyl sites for hydroxylation is 2. The summed E-state index contributed by atoms with van der Waals surface area (Å²) in [4.78, 5) is 6.55. The molecule has 0 spiro atoms. The molecule has 0 bridgehead atoms. The number of aromatic nitrogens is 3. The molecule has 0 unspecified atom stereocenters. The molecule has 0 aliphatic carbocycles. The van der Waals surface area contributed by atoms with Crippen LogP contribution < -0.4 is 11.1 Å². The van der Waals surface area contributed by atoms with Gasteiger partial charge >= 0.3 is 0 Å². The first-order chi connectivity index (χ1) is 10.6. The second-order valence-corrected chi connectivity index (χ2v) is 6.11. The molecule has 22 heavy (non-hydrogen) atoms. The van der Waals surface area contributed by atoms with Gasteiger partial charge in [-0.2, -0.15) is 4.98 Å². The minimum atomic E-state index is 0.298. The zero-order valence-corrected chi connectivity index (χ0v) is 13.2. The Morgan fingerprint density at radius 2 is 1.77 bits per heavy atom. The van der Waals surface area contributed by atoms with Crippen LogP contribution in [-0.4, -0.2) is 15.2 Å². The van der Waals surface area contributed by atoms with Crippen LogP contribution in [-0.2, 0) is 0 Å². The quantitative estimate of drug-likeness (QED) is 0.681. The Kier molecular flexibility index (Phi) is 4.02. The van der Waals surface area contributed by atoms with Crippen molar-refractivity contribution in [1.82, 2.24) is 15.2 Å². The third kappa shape index (κ3) is 3.23. The lowest BCUT2D eigenvalue weighted by molar-refractivity contribution is 1.10. The highest BCUT2D eigenvalue weighted by atomic mass is 32.2. The van der Waals surface area contributed by atoms with E-state index in [9.17, 15) is 0 Å². The van der Waals surface area contributed by atoms with E-state index in [-0.39, 0.29) is 0 Å². The van der Waals surface area contributed by atoms with Crippen LogP contribution in [0.3, 0.4) is 0 Å². The Morgan fingerprint density at radius 3 is 2.36 bits per heavy atom. The van der Waals surface area contributed by atoms with Crippen LogP contribution in [0.25, 0.3) is 0 Å². The number of nitrogens with two attached hydrogens (primary N) is 1. The molecule has 3 rings (SSSR count). The van der Waals surface area contributed by atoms with Gasteiger partial charge in [0.1, 0.15) is 0 Å². The molecule has 4 N–H and O–H groups in total. The van der Waals surface area contributed by atoms with Crippen molar-refractivity contribution in [3.63, 3.8) is 0 Å². The summed E-state index contributed by atoms with van der Waals surface area (Å²) in [6.07, 6.45) is 0. The van der Waals surface area contributed by atoms with Gasteiger partial charge in [0.15, 0.2) is 0 Å². The van der Waals surface area contributed by atoms with Gasteiger partial charge in [0.2, 0.25) is 11.9 Å². The van der Waals surface area contributed by atoms with Crippen LogP contribution in [0.1, 0.15) is 11.1 Å². The topological polar surface area (TPSA) is 79.6 Å². The molecule has 0 aliphatic heterocycles. The van der Waals surface area contributed by atoms with E-state index in [4.69, 9.17) is 5.73 Å². The maximum atomic E-state index is 5.53. The van der Waals surface area contributed by atoms with Crippen molar-refractivity contribution in [3.8, 4) is 0 Å². The zero-order chi connectivity index (χ0) is 15.5. The molecule has 2 aromatic carbocycles. The van der Waals surface area contributed by atoms with E-state index in [1.807, 2.05) is 6.07 Å². The van der Waals surface area contributed by atoms with Gasteiger partial charge in [0.25, 0.3) is 0 Å². The normalized spacial score (nSPS) is 10.6. The van der Waals surface area contributed by atoms with Crippen LogP contribution in [0.15, 0.2) is 52.3 Å². The Morgan fingerprint density at radius 1 is 1.09 bits per heavy atom. The summed E-state index contributed by atoms with van der Waals surface area (Å²) in [6.45, 7) is 4.21. The van der Waals surface area contributed by atoms with Gasteiger partial charge in [-0.15, -0.1) is 5.10 Å². The van der Waals surface area contributed by atoms with E-state index in [1.54, 1.807) is 11.8 Å². The Balaban J connectivity index is 1.85. The van der Waals surface area contributed by atoms with Gasteiger partial charge in [0.05, 0.1) is 0 Å². The van der Waals surface area contributed by atoms with Crippen LogP contribution in [0.2, 0.25) is 0 Å². The van der Waals surface area contributed by atoms with Crippen LogP contribution in [0.4, 0.5) is 17.6 Å². The molecule has 0 saturated carbocycles. The smallest absolute Gasteiger partial charge is 0.248 e. The van der Waals surface area contributed by atoms with Crippen LogP contribution in [0, 0.1) is 13.8 Å². The number of nitrogen functional groups attached to an aromatic ring is 1. The maximum Gasteiger partial charge on any atom is 0.248 e. The number of anilines is 3. The number of H-pyrrole nitrogens is 1. The van der Waals surface area contributed by atoms with Crippen molar-refractivity contribution >= 4 is 29.3 Å². The third-order valence-corrected chi connectivity index (χ3v) is 4.54. The summed E-state index contributed by atoms with van der Waals surface area (Å²) in [5.41, 5.74) is 8.90. The predicted molar refractivity (Wildman–Crippen MR) is 90.6 cm³/mol. The molecule has 1 heterocycles. The van der Waals surface area contributed by atoms with E-state index >= 15 is 0 Å². The molecule has 112 valence electrons. The highest BCUT2D eigenvalue weighted by Crippen LogP contribution is 2.34. The lowest BCUT2D eigenvalue weighted by Gasteiger charge is -2.12. The fourth-order valence-corrected chi connectivity index (χ4v) is 3.22. The number of benzene rings is 2. The number of hydrogen-bond donors (Lipinski definition) is 3. The van der Waals surface area contributed by atoms with E-state index in [1.165, 1.54) is 20.9 Å². The fourth-order valence-electron chi connectivity index (χ4n) is 2.25. The molecule has 5 nitrogen and oxygen atoms in total. The third-order valence-electron chi connectivity index (χ3n) is 3.18. The number of hydrogen-bond acceptors (Lipinski definition) is 5. The number of nitrogens with one attached hydrogen (secondary N) is 2. The molecule has 0 amide bonds. The average Bonchev–Trinajstić information content (AvgIpc) is 2.89. The largest absolute Gasteiger partial charge is 0.368 e. The maximum absolute atomic E-state index is 5.53. The van der Waals surface area contributed by atoms with E-state index < -0.39 is 0 Å². The van der Waals surface area contributed by atoms with E-state index in [0.29, 0.717) is 11.9 Å². The Hall–Kier alpha value is -2.47. The monoisotopic (exact) mass is 311 g/mol. The first-order valence-corrected chi connectivity index (χ1v) is 7.72. The highest BCUT2D eigenvalue weighted by Gasteiger charge is 2.08. The van der Waals surface area contributed by atoms with Gasteiger partial charge in [0, 0.05) is 15.5 Å². The van der Waals surface area contributed by atoms with Crippen molar-refractivity contribution < 1.29 is 0 Å². The molecule has 0 saturated heterocycles. The summed E-state index contributed by atoms with van der Waals surface area (Å²) in [7, 11) is 0. The molecule has 3 aromatic rings. The van der Waals surface area contributed by atoms with E-state index in [0.717, 1.165) is 5.69 Å². The van der Waals surface area contributed by atoms with Gasteiger partial charge in [-0.1, -0.05) is 30.0 Å². The number of rotatable bonds is 4. The fraction of sp³-hybridized carbons (Fsp3) is 0.125. The Labute approximate surface area is 133 Å². The van der Waals surface area contributed by atoms with E-state index in [2.05, 4.69) is 70.7 Å². The molecular formula is C16H17N5S. The van der Waals surface area contributed by atoms with Crippen molar-refractivity contribution in [2.24, 2.45) is 0 Å².